The van der Waals surface area contributed by atoms with Crippen molar-refractivity contribution < 1.29 is 4.79 Å². The molecule has 2 atom stereocenters. The molecular weight excluding hydrogens is 244 g/mol. The topological polar surface area (TPSA) is 55.1 Å². The predicted molar refractivity (Wildman–Crippen MR) is 77.9 cm³/mol. The normalized spacial score (nSPS) is 22.9. The Balaban J connectivity index is 1.91. The Morgan fingerprint density at radius 2 is 2.22 bits per heavy atom. The minimum Gasteiger partial charge on any atom is -0.398 e. The molecule has 0 saturated heterocycles. The van der Waals surface area contributed by atoms with Crippen molar-refractivity contribution >= 4 is 23.4 Å². The molecule has 18 heavy (non-hydrogen) atoms. The summed E-state index contributed by atoms with van der Waals surface area (Å²) in [6.45, 7) is 2.18. The highest BCUT2D eigenvalue weighted by molar-refractivity contribution is 7.99. The predicted octanol–water partition coefficient (Wildman–Crippen LogP) is 2.67. The van der Waals surface area contributed by atoms with E-state index in [4.69, 9.17) is 5.73 Å². The van der Waals surface area contributed by atoms with Crippen LogP contribution in [-0.4, -0.2) is 23.0 Å². The molecule has 0 bridgehead atoms. The Morgan fingerprint density at radius 1 is 1.44 bits per heavy atom. The molecule has 1 saturated carbocycles. The van der Waals surface area contributed by atoms with Crippen molar-refractivity contribution in [3.63, 3.8) is 0 Å². The number of thioether (sulfide) groups is 1. The second-order valence-electron chi connectivity index (χ2n) is 4.65. The zero-order chi connectivity index (χ0) is 13.0. The molecule has 1 amide bonds. The molecule has 0 spiro atoms. The van der Waals surface area contributed by atoms with Gasteiger partial charge in [-0.15, -0.1) is 0 Å². The SMILES string of the molecule is CCSC1CCC(NC(=O)c2ccccc2N)C1. The fraction of sp³-hybridized carbons (Fsp3) is 0.500. The van der Waals surface area contributed by atoms with Gasteiger partial charge in [0.15, 0.2) is 0 Å². The molecule has 3 N–H and O–H groups in total. The maximum atomic E-state index is 12.1. The Hall–Kier alpha value is -1.16. The highest BCUT2D eigenvalue weighted by Crippen LogP contribution is 2.29. The second-order valence-corrected chi connectivity index (χ2v) is 6.23. The van der Waals surface area contributed by atoms with Crippen LogP contribution in [0.2, 0.25) is 0 Å². The number of nitrogens with one attached hydrogen (secondary N) is 1. The average molecular weight is 264 g/mol. The van der Waals surface area contributed by atoms with Crippen LogP contribution in [0.5, 0.6) is 0 Å². The molecular formula is C14H20N2OS. The van der Waals surface area contributed by atoms with E-state index in [1.54, 1.807) is 12.1 Å². The molecule has 0 radical (unpaired) electrons. The van der Waals surface area contributed by atoms with E-state index in [-0.39, 0.29) is 5.91 Å². The van der Waals surface area contributed by atoms with Gasteiger partial charge in [-0.3, -0.25) is 4.79 Å². The van der Waals surface area contributed by atoms with Crippen molar-refractivity contribution in [2.75, 3.05) is 11.5 Å². The number of amides is 1. The van der Waals surface area contributed by atoms with Gasteiger partial charge in [0.2, 0.25) is 0 Å². The van der Waals surface area contributed by atoms with E-state index in [1.165, 1.54) is 6.42 Å². The van der Waals surface area contributed by atoms with Gasteiger partial charge in [0, 0.05) is 17.0 Å². The van der Waals surface area contributed by atoms with Crippen molar-refractivity contribution in [1.29, 1.82) is 0 Å². The van der Waals surface area contributed by atoms with Crippen molar-refractivity contribution in [3.05, 3.63) is 29.8 Å². The smallest absolute Gasteiger partial charge is 0.253 e. The maximum absolute atomic E-state index is 12.1. The average Bonchev–Trinajstić information content (AvgIpc) is 2.77. The number of rotatable bonds is 4. The van der Waals surface area contributed by atoms with Gasteiger partial charge in [0.1, 0.15) is 0 Å². The molecule has 98 valence electrons. The van der Waals surface area contributed by atoms with E-state index in [1.807, 2.05) is 23.9 Å². The molecule has 1 aliphatic rings. The number of carbonyl (C=O) groups excluding carboxylic acids is 1. The third-order valence-corrected chi connectivity index (χ3v) is 4.56. The fourth-order valence-electron chi connectivity index (χ4n) is 2.43. The molecule has 0 aliphatic heterocycles. The molecule has 3 nitrogen and oxygen atoms in total. The monoisotopic (exact) mass is 264 g/mol. The number of benzene rings is 1. The summed E-state index contributed by atoms with van der Waals surface area (Å²) in [6, 6.07) is 7.53. The minimum atomic E-state index is -0.0414. The van der Waals surface area contributed by atoms with Gasteiger partial charge >= 0.3 is 0 Å². The molecule has 2 rings (SSSR count). The molecule has 1 aromatic carbocycles. The number of para-hydroxylation sites is 1. The van der Waals surface area contributed by atoms with Crippen molar-refractivity contribution in [1.82, 2.24) is 5.32 Å². The Kier molecular flexibility index (Phi) is 4.53. The lowest BCUT2D eigenvalue weighted by Crippen LogP contribution is -2.33. The highest BCUT2D eigenvalue weighted by atomic mass is 32.2. The van der Waals surface area contributed by atoms with Crippen LogP contribution in [0.3, 0.4) is 0 Å². The number of hydrogen-bond acceptors (Lipinski definition) is 3. The molecule has 1 aliphatic carbocycles. The van der Waals surface area contributed by atoms with Crippen molar-refractivity contribution in [2.24, 2.45) is 0 Å². The van der Waals surface area contributed by atoms with E-state index >= 15 is 0 Å². The zero-order valence-electron chi connectivity index (χ0n) is 10.7. The Morgan fingerprint density at radius 3 is 2.94 bits per heavy atom. The Labute approximate surface area is 113 Å². The lowest BCUT2D eigenvalue weighted by Gasteiger charge is -2.14. The largest absolute Gasteiger partial charge is 0.398 e. The van der Waals surface area contributed by atoms with Crippen LogP contribution in [0.1, 0.15) is 36.5 Å². The summed E-state index contributed by atoms with van der Waals surface area (Å²) in [5.41, 5.74) is 6.94. The van der Waals surface area contributed by atoms with Gasteiger partial charge < -0.3 is 11.1 Å². The Bertz CT molecular complexity index is 422. The molecule has 0 heterocycles. The molecule has 0 aromatic heterocycles. The molecule has 1 aromatic rings. The standard InChI is InChI=1S/C14H20N2OS/c1-2-18-11-8-7-10(9-11)16-14(17)12-5-3-4-6-13(12)15/h3-6,10-11H,2,7-9,15H2,1H3,(H,16,17). The summed E-state index contributed by atoms with van der Waals surface area (Å²) < 4.78 is 0. The quantitative estimate of drug-likeness (QED) is 0.822. The summed E-state index contributed by atoms with van der Waals surface area (Å²) in [5, 5.41) is 3.79. The molecule has 4 heteroatoms. The van der Waals surface area contributed by atoms with Crippen LogP contribution >= 0.6 is 11.8 Å². The fourth-order valence-corrected chi connectivity index (χ4v) is 3.57. The summed E-state index contributed by atoms with van der Waals surface area (Å²) in [5.74, 6) is 1.11. The first kappa shape index (κ1) is 13.3. The summed E-state index contributed by atoms with van der Waals surface area (Å²) in [4.78, 5) is 12.1. The second kappa shape index (κ2) is 6.14. The van der Waals surface area contributed by atoms with Crippen LogP contribution in [0.4, 0.5) is 5.69 Å². The van der Waals surface area contributed by atoms with Crippen molar-refractivity contribution in [3.8, 4) is 0 Å². The molecule has 2 unspecified atom stereocenters. The minimum absolute atomic E-state index is 0.0414. The van der Waals surface area contributed by atoms with Gasteiger partial charge in [-0.1, -0.05) is 19.1 Å². The first-order valence-corrected chi connectivity index (χ1v) is 7.52. The third-order valence-electron chi connectivity index (χ3n) is 3.33. The third kappa shape index (κ3) is 3.19. The first-order chi connectivity index (χ1) is 8.70. The number of carbonyl (C=O) groups is 1. The van der Waals surface area contributed by atoms with E-state index < -0.39 is 0 Å². The van der Waals surface area contributed by atoms with Crippen LogP contribution in [0.25, 0.3) is 0 Å². The maximum Gasteiger partial charge on any atom is 0.253 e. The van der Waals surface area contributed by atoms with Gasteiger partial charge in [-0.25, -0.2) is 0 Å². The zero-order valence-corrected chi connectivity index (χ0v) is 11.5. The van der Waals surface area contributed by atoms with E-state index in [0.717, 1.165) is 18.6 Å². The van der Waals surface area contributed by atoms with Gasteiger partial charge in [-0.05, 0) is 37.1 Å². The first-order valence-electron chi connectivity index (χ1n) is 6.47. The van der Waals surface area contributed by atoms with Crippen LogP contribution in [0, 0.1) is 0 Å². The van der Waals surface area contributed by atoms with E-state index in [0.29, 0.717) is 22.5 Å². The summed E-state index contributed by atoms with van der Waals surface area (Å²) in [7, 11) is 0. The van der Waals surface area contributed by atoms with Crippen LogP contribution in [0.15, 0.2) is 24.3 Å². The number of nitrogens with two attached hydrogens (primary N) is 1. The molecule has 1 fully saturated rings. The van der Waals surface area contributed by atoms with Crippen molar-refractivity contribution in [2.45, 2.75) is 37.5 Å². The summed E-state index contributed by atoms with van der Waals surface area (Å²) in [6.07, 6.45) is 3.36. The van der Waals surface area contributed by atoms with E-state index in [2.05, 4.69) is 12.2 Å². The van der Waals surface area contributed by atoms with Gasteiger partial charge in [0.05, 0.1) is 5.56 Å². The summed E-state index contributed by atoms with van der Waals surface area (Å²) >= 11 is 1.99. The highest BCUT2D eigenvalue weighted by Gasteiger charge is 2.26. The van der Waals surface area contributed by atoms with E-state index in [9.17, 15) is 4.79 Å². The lowest BCUT2D eigenvalue weighted by molar-refractivity contribution is 0.0939. The number of nitrogen functional groups attached to an aromatic ring is 1. The van der Waals surface area contributed by atoms with Crippen LogP contribution < -0.4 is 11.1 Å². The van der Waals surface area contributed by atoms with Crippen LogP contribution in [-0.2, 0) is 0 Å². The van der Waals surface area contributed by atoms with Gasteiger partial charge in [-0.2, -0.15) is 11.8 Å². The number of hydrogen-bond donors (Lipinski definition) is 2. The number of anilines is 1. The lowest BCUT2D eigenvalue weighted by atomic mass is 10.1. The van der Waals surface area contributed by atoms with Gasteiger partial charge in [0.25, 0.3) is 5.91 Å².